The molecule has 0 fully saturated rings. The predicted molar refractivity (Wildman–Crippen MR) is 48.8 cm³/mol. The maximum absolute atomic E-state index is 11.2. The minimum atomic E-state index is 0.0110. The largest absolute Gasteiger partial charge is 0.288 e. The van der Waals surface area contributed by atoms with E-state index in [0.717, 1.165) is 16.1 Å². The smallest absolute Gasteiger partial charge is 0.204 e. The van der Waals surface area contributed by atoms with Crippen LogP contribution in [0.4, 0.5) is 0 Å². The molecular weight excluding hydrogens is 172 g/mol. The van der Waals surface area contributed by atoms with Gasteiger partial charge >= 0.3 is 0 Å². The van der Waals surface area contributed by atoms with Crippen LogP contribution in [0.2, 0.25) is 0 Å². The lowest BCUT2D eigenvalue weighted by molar-refractivity contribution is 0.890. The molecule has 0 bridgehead atoms. The van der Waals surface area contributed by atoms with Gasteiger partial charge < -0.3 is 0 Å². The van der Waals surface area contributed by atoms with Crippen molar-refractivity contribution in [3.8, 4) is 0 Å². The number of fused-ring (bicyclic) bond motifs is 1. The molecule has 2 rings (SSSR count). The highest BCUT2D eigenvalue weighted by atomic mass is 32.1. The zero-order valence-corrected chi connectivity index (χ0v) is 7.68. The van der Waals surface area contributed by atoms with Crippen LogP contribution in [0.3, 0.4) is 0 Å². The Morgan fingerprint density at radius 3 is 3.00 bits per heavy atom. The van der Waals surface area contributed by atoms with Crippen LogP contribution in [0.15, 0.2) is 16.4 Å². The summed E-state index contributed by atoms with van der Waals surface area (Å²) in [6.07, 6.45) is 1.36. The minimum Gasteiger partial charge on any atom is -0.288 e. The summed E-state index contributed by atoms with van der Waals surface area (Å²) in [5.41, 5.74) is 1.86. The van der Waals surface area contributed by atoms with Crippen LogP contribution < -0.4 is 5.43 Å². The maximum atomic E-state index is 11.2. The fraction of sp³-hybridized carbons (Fsp3) is 0.250. The fourth-order valence-corrected chi connectivity index (χ4v) is 2.05. The van der Waals surface area contributed by atoms with Crippen molar-refractivity contribution in [3.63, 3.8) is 0 Å². The first-order valence-corrected chi connectivity index (χ1v) is 4.51. The van der Waals surface area contributed by atoms with E-state index < -0.39 is 0 Å². The molecule has 4 heteroatoms. The van der Waals surface area contributed by atoms with Crippen molar-refractivity contribution in [3.05, 3.63) is 33.1 Å². The summed E-state index contributed by atoms with van der Waals surface area (Å²) in [5.74, 6) is 0. The first-order valence-electron chi connectivity index (χ1n) is 3.63. The number of rotatable bonds is 0. The predicted octanol–water partition coefficient (Wildman–Crippen LogP) is 1.37. The lowest BCUT2D eigenvalue weighted by Gasteiger charge is -1.95. The first-order chi connectivity index (χ1) is 5.70. The minimum absolute atomic E-state index is 0.0110. The first kappa shape index (κ1) is 7.49. The molecule has 0 radical (unpaired) electrons. The lowest BCUT2D eigenvalue weighted by Crippen LogP contribution is -2.08. The summed E-state index contributed by atoms with van der Waals surface area (Å²) in [4.78, 5) is 12.1. The number of hydrogen-bond acceptors (Lipinski definition) is 3. The Balaban J connectivity index is 3.02. The molecule has 0 aliphatic carbocycles. The molecule has 0 aliphatic rings. The van der Waals surface area contributed by atoms with E-state index in [0.29, 0.717) is 0 Å². The summed E-state index contributed by atoms with van der Waals surface area (Å²) < 4.78 is 1.79. The Morgan fingerprint density at radius 1 is 1.50 bits per heavy atom. The van der Waals surface area contributed by atoms with E-state index in [9.17, 15) is 4.79 Å². The Kier molecular flexibility index (Phi) is 1.51. The second-order valence-corrected chi connectivity index (χ2v) is 3.59. The number of thiazole rings is 1. The van der Waals surface area contributed by atoms with Crippen LogP contribution in [-0.4, -0.2) is 9.61 Å². The Bertz CT molecular complexity index is 483. The Morgan fingerprint density at radius 2 is 2.25 bits per heavy atom. The van der Waals surface area contributed by atoms with Gasteiger partial charge in [0.05, 0.1) is 11.9 Å². The maximum Gasteiger partial charge on any atom is 0.204 e. The molecule has 12 heavy (non-hydrogen) atoms. The zero-order valence-electron chi connectivity index (χ0n) is 6.87. The standard InChI is InChI=1S/C8H8N2OS/c1-5-4-12-8-6(2)7(11)3-9-10(5)8/h3-4H,1-2H3. The number of aromatic nitrogens is 2. The van der Waals surface area contributed by atoms with Gasteiger partial charge in [-0.05, 0) is 13.8 Å². The summed E-state index contributed by atoms with van der Waals surface area (Å²) in [5, 5.41) is 6.01. The SMILES string of the molecule is Cc1c(=O)cnn2c(C)csc12. The summed E-state index contributed by atoms with van der Waals surface area (Å²) in [6, 6.07) is 0. The van der Waals surface area contributed by atoms with Crippen molar-refractivity contribution >= 4 is 16.2 Å². The van der Waals surface area contributed by atoms with Crippen molar-refractivity contribution in [2.24, 2.45) is 0 Å². The van der Waals surface area contributed by atoms with Crippen molar-refractivity contribution < 1.29 is 0 Å². The highest BCUT2D eigenvalue weighted by molar-refractivity contribution is 7.15. The third-order valence-corrected chi connectivity index (χ3v) is 3.01. The van der Waals surface area contributed by atoms with Gasteiger partial charge in [-0.15, -0.1) is 11.3 Å². The summed E-state index contributed by atoms with van der Waals surface area (Å²) in [7, 11) is 0. The van der Waals surface area contributed by atoms with E-state index in [4.69, 9.17) is 0 Å². The Labute approximate surface area is 73.3 Å². The van der Waals surface area contributed by atoms with E-state index in [-0.39, 0.29) is 5.43 Å². The van der Waals surface area contributed by atoms with Gasteiger partial charge in [0.15, 0.2) is 0 Å². The monoisotopic (exact) mass is 180 g/mol. The van der Waals surface area contributed by atoms with Gasteiger partial charge in [0.1, 0.15) is 4.83 Å². The van der Waals surface area contributed by atoms with Crippen molar-refractivity contribution in [1.82, 2.24) is 9.61 Å². The molecule has 2 aromatic heterocycles. The van der Waals surface area contributed by atoms with Gasteiger partial charge in [0, 0.05) is 10.9 Å². The molecule has 0 aromatic carbocycles. The fourth-order valence-electron chi connectivity index (χ4n) is 1.10. The van der Waals surface area contributed by atoms with Gasteiger partial charge in [-0.3, -0.25) is 4.79 Å². The highest BCUT2D eigenvalue weighted by Crippen LogP contribution is 2.15. The van der Waals surface area contributed by atoms with E-state index in [2.05, 4.69) is 5.10 Å². The van der Waals surface area contributed by atoms with Gasteiger partial charge in [-0.25, -0.2) is 4.52 Å². The van der Waals surface area contributed by atoms with Crippen LogP contribution in [0, 0.1) is 13.8 Å². The second-order valence-electron chi connectivity index (χ2n) is 2.73. The highest BCUT2D eigenvalue weighted by Gasteiger charge is 2.04. The molecule has 0 amide bonds. The normalized spacial score (nSPS) is 10.8. The summed E-state index contributed by atoms with van der Waals surface area (Å²) >= 11 is 1.56. The van der Waals surface area contributed by atoms with Crippen LogP contribution in [0.25, 0.3) is 4.83 Å². The van der Waals surface area contributed by atoms with E-state index in [1.165, 1.54) is 6.20 Å². The molecule has 0 saturated carbocycles. The molecule has 0 N–H and O–H groups in total. The van der Waals surface area contributed by atoms with E-state index in [1.54, 1.807) is 15.9 Å². The van der Waals surface area contributed by atoms with Crippen LogP contribution >= 0.6 is 11.3 Å². The van der Waals surface area contributed by atoms with Gasteiger partial charge in [-0.2, -0.15) is 5.10 Å². The van der Waals surface area contributed by atoms with Gasteiger partial charge in [0.2, 0.25) is 5.43 Å². The molecule has 2 heterocycles. The van der Waals surface area contributed by atoms with Crippen molar-refractivity contribution in [2.45, 2.75) is 13.8 Å². The van der Waals surface area contributed by atoms with E-state index >= 15 is 0 Å². The van der Waals surface area contributed by atoms with Crippen LogP contribution in [0.5, 0.6) is 0 Å². The molecule has 3 nitrogen and oxygen atoms in total. The average molecular weight is 180 g/mol. The van der Waals surface area contributed by atoms with Gasteiger partial charge in [-0.1, -0.05) is 0 Å². The quantitative estimate of drug-likeness (QED) is 0.613. The van der Waals surface area contributed by atoms with Crippen LogP contribution in [0.1, 0.15) is 11.3 Å². The third kappa shape index (κ3) is 0.881. The summed E-state index contributed by atoms with van der Waals surface area (Å²) in [6.45, 7) is 3.80. The van der Waals surface area contributed by atoms with Crippen molar-refractivity contribution in [2.75, 3.05) is 0 Å². The Hall–Kier alpha value is -1.16. The topological polar surface area (TPSA) is 34.4 Å². The van der Waals surface area contributed by atoms with E-state index in [1.807, 2.05) is 19.2 Å². The number of nitrogens with zero attached hydrogens (tertiary/aromatic N) is 2. The molecule has 0 spiro atoms. The molecule has 62 valence electrons. The molecule has 0 unspecified atom stereocenters. The van der Waals surface area contributed by atoms with Crippen LogP contribution in [-0.2, 0) is 0 Å². The zero-order chi connectivity index (χ0) is 8.72. The van der Waals surface area contributed by atoms with Gasteiger partial charge in [0.25, 0.3) is 0 Å². The molecule has 0 saturated heterocycles. The average Bonchev–Trinajstić information content (AvgIpc) is 2.41. The molecule has 0 atom stereocenters. The molecule has 2 aromatic rings. The second kappa shape index (κ2) is 2.42. The molecular formula is C8H8N2OS. The molecule has 0 aliphatic heterocycles. The lowest BCUT2D eigenvalue weighted by atomic mass is 10.3. The number of aryl methyl sites for hydroxylation is 2. The number of hydrogen-bond donors (Lipinski definition) is 0. The van der Waals surface area contributed by atoms with Crippen molar-refractivity contribution in [1.29, 1.82) is 0 Å². The third-order valence-electron chi connectivity index (χ3n) is 1.85.